The third kappa shape index (κ3) is 4.17. The Hall–Kier alpha value is -4.25. The number of carbonyl (C=O) groups excluding carboxylic acids is 2. The summed E-state index contributed by atoms with van der Waals surface area (Å²) in [6.07, 6.45) is 1.59. The van der Waals surface area contributed by atoms with Crippen LogP contribution in [0.2, 0.25) is 0 Å². The number of hydrogen-bond donors (Lipinski definition) is 0. The number of fused-ring (bicyclic) bond motifs is 2. The number of ether oxygens (including phenoxy) is 1. The molecule has 0 saturated carbocycles. The molecule has 0 atom stereocenters. The van der Waals surface area contributed by atoms with Gasteiger partial charge in [0.25, 0.3) is 0 Å². The van der Waals surface area contributed by atoms with Crippen LogP contribution >= 0.6 is 0 Å². The minimum absolute atomic E-state index is 0.261. The third-order valence-electron chi connectivity index (χ3n) is 6.87. The van der Waals surface area contributed by atoms with Crippen molar-refractivity contribution in [2.24, 2.45) is 0 Å². The number of pyridine rings is 1. The number of ketones is 1. The molecule has 1 aromatic heterocycles. The summed E-state index contributed by atoms with van der Waals surface area (Å²) in [7, 11) is 1.95. The maximum absolute atomic E-state index is 13.2. The van der Waals surface area contributed by atoms with Gasteiger partial charge in [0.2, 0.25) is 0 Å². The average molecular weight is 477 g/mol. The van der Waals surface area contributed by atoms with Crippen LogP contribution in [0.3, 0.4) is 0 Å². The van der Waals surface area contributed by atoms with Gasteiger partial charge in [0.05, 0.1) is 16.8 Å². The molecule has 5 rings (SSSR count). The SMILES string of the molecule is Cc1ccc(-c2cc(C(=O)OCC(=O)C=C3N(C)c4ccccc4C3(C)C)c3ccccc3n2)cc1. The van der Waals surface area contributed by atoms with Gasteiger partial charge in [0.1, 0.15) is 0 Å². The molecule has 0 bridgehead atoms. The lowest BCUT2D eigenvalue weighted by molar-refractivity contribution is -0.117. The second-order valence-electron chi connectivity index (χ2n) is 9.71. The number of carbonyl (C=O) groups is 2. The van der Waals surface area contributed by atoms with Crippen LogP contribution in [0.25, 0.3) is 22.2 Å². The first-order valence-electron chi connectivity index (χ1n) is 12.0. The molecule has 0 radical (unpaired) electrons. The molecule has 0 spiro atoms. The average Bonchev–Trinajstić information content (AvgIpc) is 3.07. The summed E-state index contributed by atoms with van der Waals surface area (Å²) < 4.78 is 5.52. The van der Waals surface area contributed by atoms with Gasteiger partial charge in [0, 0.05) is 40.9 Å². The Bertz CT molecular complexity index is 1520. The molecule has 0 saturated heterocycles. The van der Waals surface area contributed by atoms with Crippen LogP contribution in [0.5, 0.6) is 0 Å². The minimum Gasteiger partial charge on any atom is -0.454 e. The van der Waals surface area contributed by atoms with E-state index in [0.29, 0.717) is 22.2 Å². The highest BCUT2D eigenvalue weighted by atomic mass is 16.5. The normalized spacial score (nSPS) is 15.2. The smallest absolute Gasteiger partial charge is 0.339 e. The van der Waals surface area contributed by atoms with Gasteiger partial charge < -0.3 is 9.64 Å². The summed E-state index contributed by atoms with van der Waals surface area (Å²) >= 11 is 0. The van der Waals surface area contributed by atoms with Gasteiger partial charge in [-0.1, -0.05) is 80.1 Å². The van der Waals surface area contributed by atoms with E-state index in [2.05, 4.69) is 19.9 Å². The Balaban J connectivity index is 1.39. The summed E-state index contributed by atoms with van der Waals surface area (Å²) in [6, 6.07) is 25.3. The Labute approximate surface area is 211 Å². The van der Waals surface area contributed by atoms with E-state index in [1.165, 1.54) is 0 Å². The molecule has 5 nitrogen and oxygen atoms in total. The summed E-state index contributed by atoms with van der Waals surface area (Å²) in [4.78, 5) is 32.8. The van der Waals surface area contributed by atoms with Crippen molar-refractivity contribution in [2.75, 3.05) is 18.6 Å². The van der Waals surface area contributed by atoms with E-state index in [0.717, 1.165) is 28.1 Å². The Morgan fingerprint density at radius 2 is 1.67 bits per heavy atom. The lowest BCUT2D eigenvalue weighted by Gasteiger charge is -2.23. The number of allylic oxidation sites excluding steroid dienone is 1. The third-order valence-corrected chi connectivity index (χ3v) is 6.87. The van der Waals surface area contributed by atoms with Crippen molar-refractivity contribution in [1.29, 1.82) is 0 Å². The Morgan fingerprint density at radius 3 is 2.42 bits per heavy atom. The highest BCUT2D eigenvalue weighted by Gasteiger charge is 2.38. The summed E-state index contributed by atoms with van der Waals surface area (Å²) in [5.41, 5.74) is 6.61. The fraction of sp³-hybridized carbons (Fsp3) is 0.194. The van der Waals surface area contributed by atoms with Gasteiger partial charge in [-0.05, 0) is 30.7 Å². The lowest BCUT2D eigenvalue weighted by atomic mass is 9.83. The van der Waals surface area contributed by atoms with Crippen LogP contribution in [0.1, 0.15) is 35.3 Å². The number of likely N-dealkylation sites (N-methyl/N-ethyl adjacent to an activating group) is 1. The molecule has 0 unspecified atom stereocenters. The molecule has 2 heterocycles. The molecular weight excluding hydrogens is 448 g/mol. The van der Waals surface area contributed by atoms with Crippen molar-refractivity contribution in [3.05, 3.63) is 107 Å². The second kappa shape index (κ2) is 9.08. The Kier molecular flexibility index (Phi) is 5.92. The van der Waals surface area contributed by atoms with Crippen molar-refractivity contribution in [3.63, 3.8) is 0 Å². The van der Waals surface area contributed by atoms with Crippen LogP contribution in [0.4, 0.5) is 5.69 Å². The molecule has 3 aromatic carbocycles. The van der Waals surface area contributed by atoms with E-state index in [-0.39, 0.29) is 17.8 Å². The number of esters is 1. The first-order valence-corrected chi connectivity index (χ1v) is 12.0. The maximum Gasteiger partial charge on any atom is 0.339 e. The van der Waals surface area contributed by atoms with E-state index >= 15 is 0 Å². The number of rotatable bonds is 5. The molecule has 180 valence electrons. The maximum atomic E-state index is 13.2. The molecule has 36 heavy (non-hydrogen) atoms. The zero-order valence-electron chi connectivity index (χ0n) is 20.9. The van der Waals surface area contributed by atoms with Gasteiger partial charge in [-0.25, -0.2) is 9.78 Å². The molecule has 0 N–H and O–H groups in total. The molecule has 0 aliphatic carbocycles. The summed E-state index contributed by atoms with van der Waals surface area (Å²) in [5.74, 6) is -0.806. The van der Waals surface area contributed by atoms with Crippen molar-refractivity contribution < 1.29 is 14.3 Å². The van der Waals surface area contributed by atoms with E-state index in [1.54, 1.807) is 12.1 Å². The van der Waals surface area contributed by atoms with E-state index in [4.69, 9.17) is 9.72 Å². The monoisotopic (exact) mass is 476 g/mol. The van der Waals surface area contributed by atoms with Gasteiger partial charge in [-0.2, -0.15) is 0 Å². The number of para-hydroxylation sites is 2. The minimum atomic E-state index is -0.545. The number of aromatic nitrogens is 1. The number of benzene rings is 3. The van der Waals surface area contributed by atoms with E-state index in [9.17, 15) is 9.59 Å². The number of anilines is 1. The topological polar surface area (TPSA) is 59.5 Å². The van der Waals surface area contributed by atoms with E-state index < -0.39 is 5.97 Å². The zero-order chi connectivity index (χ0) is 25.4. The van der Waals surface area contributed by atoms with Crippen molar-refractivity contribution in [2.45, 2.75) is 26.2 Å². The zero-order valence-corrected chi connectivity index (χ0v) is 20.9. The van der Waals surface area contributed by atoms with Crippen LogP contribution in [0, 0.1) is 6.92 Å². The highest BCUT2D eigenvalue weighted by Crippen LogP contribution is 2.46. The first-order chi connectivity index (χ1) is 17.3. The van der Waals surface area contributed by atoms with Crippen LogP contribution in [-0.4, -0.2) is 30.4 Å². The Morgan fingerprint density at radius 1 is 0.972 bits per heavy atom. The second-order valence-corrected chi connectivity index (χ2v) is 9.71. The molecule has 1 aliphatic rings. The largest absolute Gasteiger partial charge is 0.454 e. The summed E-state index contributed by atoms with van der Waals surface area (Å²) in [6.45, 7) is 5.88. The predicted molar refractivity (Wildman–Crippen MR) is 143 cm³/mol. The van der Waals surface area contributed by atoms with Gasteiger partial charge in [-0.3, -0.25) is 4.79 Å². The number of nitrogens with zero attached hydrogens (tertiary/aromatic N) is 2. The van der Waals surface area contributed by atoms with Gasteiger partial charge in [0.15, 0.2) is 12.4 Å². The molecular formula is C31H28N2O3. The van der Waals surface area contributed by atoms with Crippen LogP contribution in [0.15, 0.2) is 90.6 Å². The highest BCUT2D eigenvalue weighted by molar-refractivity contribution is 6.05. The van der Waals surface area contributed by atoms with Gasteiger partial charge >= 0.3 is 5.97 Å². The predicted octanol–water partition coefficient (Wildman–Crippen LogP) is 6.25. The molecule has 4 aromatic rings. The van der Waals surface area contributed by atoms with Crippen molar-refractivity contribution in [3.8, 4) is 11.3 Å². The van der Waals surface area contributed by atoms with Crippen LogP contribution in [-0.2, 0) is 14.9 Å². The van der Waals surface area contributed by atoms with Crippen molar-refractivity contribution >= 4 is 28.3 Å². The molecule has 1 aliphatic heterocycles. The summed E-state index contributed by atoms with van der Waals surface area (Å²) in [5, 5.41) is 0.691. The van der Waals surface area contributed by atoms with Crippen molar-refractivity contribution in [1.82, 2.24) is 4.98 Å². The van der Waals surface area contributed by atoms with Crippen LogP contribution < -0.4 is 4.90 Å². The fourth-order valence-electron chi connectivity index (χ4n) is 4.88. The lowest BCUT2D eigenvalue weighted by Crippen LogP contribution is -2.25. The fourth-order valence-corrected chi connectivity index (χ4v) is 4.88. The van der Waals surface area contributed by atoms with E-state index in [1.807, 2.05) is 85.6 Å². The van der Waals surface area contributed by atoms with Gasteiger partial charge in [-0.15, -0.1) is 0 Å². The number of hydrogen-bond acceptors (Lipinski definition) is 5. The molecule has 0 amide bonds. The molecule has 0 fully saturated rings. The first kappa shape index (κ1) is 23.5. The molecule has 5 heteroatoms. The standard InChI is InChI=1S/C31H28N2O3/c1-20-13-15-21(16-14-20)27-18-24(23-9-5-7-11-26(23)32-27)30(35)36-19-22(34)17-29-31(2,3)25-10-6-8-12-28(25)33(29)4/h5-18H,19H2,1-4H3. The number of aryl methyl sites for hydroxylation is 1. The quantitative estimate of drug-likeness (QED) is 0.252.